The predicted octanol–water partition coefficient (Wildman–Crippen LogP) is 4.26. The quantitative estimate of drug-likeness (QED) is 0.828. The van der Waals surface area contributed by atoms with Crippen LogP contribution in [0.3, 0.4) is 0 Å². The van der Waals surface area contributed by atoms with Crippen molar-refractivity contribution in [2.24, 2.45) is 0 Å². The largest absolute Gasteiger partial charge is 0.367 e. The highest BCUT2D eigenvalue weighted by molar-refractivity contribution is 5.95. The van der Waals surface area contributed by atoms with Crippen molar-refractivity contribution in [3.63, 3.8) is 0 Å². The van der Waals surface area contributed by atoms with Gasteiger partial charge in [-0.1, -0.05) is 13.8 Å². The van der Waals surface area contributed by atoms with Gasteiger partial charge in [-0.3, -0.25) is 9.78 Å². The standard InChI is InChI=1S/C20H31N3O/c1-3-17-9-5-7-11-22(17)19-13-16(14-21-15-19)20(24)23-12-8-6-10-18(23)4-2/h13-15,17-18H,3-12H2,1-2H3. The molecule has 132 valence electrons. The first-order valence-electron chi connectivity index (χ1n) is 9.77. The van der Waals surface area contributed by atoms with Crippen molar-refractivity contribution in [3.8, 4) is 0 Å². The van der Waals surface area contributed by atoms with Crippen molar-refractivity contribution < 1.29 is 4.79 Å². The van der Waals surface area contributed by atoms with Gasteiger partial charge in [0.15, 0.2) is 0 Å². The van der Waals surface area contributed by atoms with Crippen LogP contribution in [-0.2, 0) is 0 Å². The molecule has 2 aliphatic rings. The molecule has 3 rings (SSSR count). The average molecular weight is 329 g/mol. The molecule has 1 aromatic rings. The zero-order valence-electron chi connectivity index (χ0n) is 15.2. The van der Waals surface area contributed by atoms with Crippen LogP contribution in [0.1, 0.15) is 75.6 Å². The lowest BCUT2D eigenvalue weighted by molar-refractivity contribution is 0.0607. The lowest BCUT2D eigenvalue weighted by atomic mass is 9.98. The molecule has 2 unspecified atom stereocenters. The van der Waals surface area contributed by atoms with E-state index in [-0.39, 0.29) is 5.91 Å². The first-order chi connectivity index (χ1) is 11.7. The second-order valence-electron chi connectivity index (χ2n) is 7.24. The molecule has 2 saturated heterocycles. The highest BCUT2D eigenvalue weighted by Crippen LogP contribution is 2.28. The van der Waals surface area contributed by atoms with E-state index in [2.05, 4.69) is 34.7 Å². The van der Waals surface area contributed by atoms with Gasteiger partial charge in [-0.05, 0) is 57.4 Å². The number of anilines is 1. The van der Waals surface area contributed by atoms with Gasteiger partial charge in [0, 0.05) is 31.4 Å². The van der Waals surface area contributed by atoms with Gasteiger partial charge >= 0.3 is 0 Å². The summed E-state index contributed by atoms with van der Waals surface area (Å²) >= 11 is 0. The highest BCUT2D eigenvalue weighted by atomic mass is 16.2. The molecule has 0 aliphatic carbocycles. The Labute approximate surface area is 146 Å². The maximum absolute atomic E-state index is 13.0. The zero-order valence-corrected chi connectivity index (χ0v) is 15.2. The van der Waals surface area contributed by atoms with Crippen molar-refractivity contribution in [3.05, 3.63) is 24.0 Å². The van der Waals surface area contributed by atoms with Gasteiger partial charge < -0.3 is 9.80 Å². The van der Waals surface area contributed by atoms with Crippen LogP contribution in [0.2, 0.25) is 0 Å². The summed E-state index contributed by atoms with van der Waals surface area (Å²) in [5, 5.41) is 0. The van der Waals surface area contributed by atoms with E-state index in [4.69, 9.17) is 0 Å². The number of aromatic nitrogens is 1. The molecule has 2 aliphatic heterocycles. The molecule has 1 aromatic heterocycles. The summed E-state index contributed by atoms with van der Waals surface area (Å²) in [6.07, 6.45) is 13.2. The molecule has 4 heteroatoms. The number of carbonyl (C=O) groups is 1. The molecule has 0 saturated carbocycles. The highest BCUT2D eigenvalue weighted by Gasteiger charge is 2.27. The van der Waals surface area contributed by atoms with Gasteiger partial charge in [-0.2, -0.15) is 0 Å². The summed E-state index contributed by atoms with van der Waals surface area (Å²) in [6, 6.07) is 3.06. The Morgan fingerprint density at radius 2 is 1.75 bits per heavy atom. The van der Waals surface area contributed by atoms with Crippen LogP contribution < -0.4 is 4.90 Å². The van der Waals surface area contributed by atoms with Crippen molar-refractivity contribution in [2.45, 2.75) is 77.3 Å². The maximum Gasteiger partial charge on any atom is 0.255 e. The number of hydrogen-bond acceptors (Lipinski definition) is 3. The van der Waals surface area contributed by atoms with Crippen LogP contribution in [0.15, 0.2) is 18.5 Å². The molecule has 0 radical (unpaired) electrons. The van der Waals surface area contributed by atoms with E-state index in [1.807, 2.05) is 6.20 Å². The van der Waals surface area contributed by atoms with Crippen molar-refractivity contribution in [1.29, 1.82) is 0 Å². The lowest BCUT2D eigenvalue weighted by Gasteiger charge is -2.38. The fourth-order valence-corrected chi connectivity index (χ4v) is 4.32. The first-order valence-corrected chi connectivity index (χ1v) is 9.77. The fourth-order valence-electron chi connectivity index (χ4n) is 4.32. The molecular formula is C20H31N3O. The molecule has 4 nitrogen and oxygen atoms in total. The van der Waals surface area contributed by atoms with E-state index in [1.54, 1.807) is 6.20 Å². The maximum atomic E-state index is 13.0. The van der Waals surface area contributed by atoms with Crippen LogP contribution in [0.25, 0.3) is 0 Å². The number of rotatable bonds is 4. The smallest absolute Gasteiger partial charge is 0.255 e. The molecule has 24 heavy (non-hydrogen) atoms. The summed E-state index contributed by atoms with van der Waals surface area (Å²) < 4.78 is 0. The number of carbonyl (C=O) groups excluding carboxylic acids is 1. The molecule has 2 atom stereocenters. The van der Waals surface area contributed by atoms with Crippen molar-refractivity contribution in [2.75, 3.05) is 18.0 Å². The normalized spacial score (nSPS) is 24.9. The Morgan fingerprint density at radius 3 is 2.50 bits per heavy atom. The topological polar surface area (TPSA) is 36.4 Å². The summed E-state index contributed by atoms with van der Waals surface area (Å²) in [6.45, 7) is 6.41. The van der Waals surface area contributed by atoms with Gasteiger partial charge in [0.2, 0.25) is 0 Å². The Morgan fingerprint density at radius 1 is 1.04 bits per heavy atom. The minimum Gasteiger partial charge on any atom is -0.367 e. The van der Waals surface area contributed by atoms with E-state index in [1.165, 1.54) is 25.7 Å². The van der Waals surface area contributed by atoms with E-state index < -0.39 is 0 Å². The predicted molar refractivity (Wildman–Crippen MR) is 98.5 cm³/mol. The van der Waals surface area contributed by atoms with Gasteiger partial charge in [0.1, 0.15) is 0 Å². The summed E-state index contributed by atoms with van der Waals surface area (Å²) in [5.74, 6) is 0.168. The Balaban J connectivity index is 1.80. The third-order valence-electron chi connectivity index (χ3n) is 5.76. The Kier molecular flexibility index (Phi) is 5.75. The van der Waals surface area contributed by atoms with E-state index in [0.717, 1.165) is 50.0 Å². The van der Waals surface area contributed by atoms with Crippen LogP contribution >= 0.6 is 0 Å². The minimum atomic E-state index is 0.168. The third-order valence-corrected chi connectivity index (χ3v) is 5.76. The van der Waals surface area contributed by atoms with Gasteiger partial charge in [-0.25, -0.2) is 0 Å². The molecule has 0 bridgehead atoms. The van der Waals surface area contributed by atoms with Crippen LogP contribution in [0.5, 0.6) is 0 Å². The molecule has 3 heterocycles. The molecule has 1 amide bonds. The Bertz CT molecular complexity index is 560. The van der Waals surface area contributed by atoms with E-state index in [9.17, 15) is 4.79 Å². The number of nitrogens with zero attached hydrogens (tertiary/aromatic N) is 3. The monoisotopic (exact) mass is 329 g/mol. The summed E-state index contributed by atoms with van der Waals surface area (Å²) in [5.41, 5.74) is 1.88. The Hall–Kier alpha value is -1.58. The third kappa shape index (κ3) is 3.57. The van der Waals surface area contributed by atoms with E-state index in [0.29, 0.717) is 12.1 Å². The van der Waals surface area contributed by atoms with Gasteiger partial charge in [0.25, 0.3) is 5.91 Å². The number of pyridine rings is 1. The molecule has 2 fully saturated rings. The second-order valence-corrected chi connectivity index (χ2v) is 7.24. The number of piperidine rings is 2. The minimum absolute atomic E-state index is 0.168. The fraction of sp³-hybridized carbons (Fsp3) is 0.700. The number of hydrogen-bond donors (Lipinski definition) is 0. The second kappa shape index (κ2) is 8.00. The van der Waals surface area contributed by atoms with Crippen molar-refractivity contribution in [1.82, 2.24) is 9.88 Å². The summed E-state index contributed by atoms with van der Waals surface area (Å²) in [7, 11) is 0. The molecule has 0 aromatic carbocycles. The zero-order chi connectivity index (χ0) is 16.9. The SMILES string of the molecule is CCC1CCCCN1C(=O)c1cncc(N2CCCCC2CC)c1. The summed E-state index contributed by atoms with van der Waals surface area (Å²) in [4.78, 5) is 22.0. The average Bonchev–Trinajstić information content (AvgIpc) is 2.67. The van der Waals surface area contributed by atoms with Crippen LogP contribution in [0, 0.1) is 0 Å². The molecule has 0 N–H and O–H groups in total. The molecule has 0 spiro atoms. The van der Waals surface area contributed by atoms with Crippen molar-refractivity contribution >= 4 is 11.6 Å². The number of amides is 1. The lowest BCUT2D eigenvalue weighted by Crippen LogP contribution is -2.43. The molecular weight excluding hydrogens is 298 g/mol. The van der Waals surface area contributed by atoms with Gasteiger partial charge in [0.05, 0.1) is 17.4 Å². The van der Waals surface area contributed by atoms with Gasteiger partial charge in [-0.15, -0.1) is 0 Å². The van der Waals surface area contributed by atoms with E-state index >= 15 is 0 Å². The number of likely N-dealkylation sites (tertiary alicyclic amines) is 1. The van der Waals surface area contributed by atoms with Crippen LogP contribution in [-0.4, -0.2) is 41.0 Å². The first kappa shape index (κ1) is 17.2. The van der Waals surface area contributed by atoms with Crippen LogP contribution in [0.4, 0.5) is 5.69 Å².